The normalized spacial score (nSPS) is 11.2. The Kier molecular flexibility index (Phi) is 3.42. The summed E-state index contributed by atoms with van der Waals surface area (Å²) in [6.07, 6.45) is 1.48. The number of methoxy groups -OCH3 is 1. The van der Waals surface area contributed by atoms with Crippen LogP contribution >= 0.6 is 11.3 Å². The molecule has 7 heteroatoms. The van der Waals surface area contributed by atoms with E-state index in [0.717, 1.165) is 5.39 Å². The monoisotopic (exact) mass is 340 g/mol. The molecule has 0 N–H and O–H groups in total. The highest BCUT2D eigenvalue weighted by Crippen LogP contribution is 2.24. The Labute approximate surface area is 139 Å². The summed E-state index contributed by atoms with van der Waals surface area (Å²) in [6, 6.07) is 9.18. The highest BCUT2D eigenvalue weighted by molar-refractivity contribution is 7.12. The maximum Gasteiger partial charge on any atom is 0.348 e. The largest absolute Gasteiger partial charge is 0.465 e. The van der Waals surface area contributed by atoms with E-state index >= 15 is 0 Å². The van der Waals surface area contributed by atoms with Crippen LogP contribution in [0.5, 0.6) is 0 Å². The molecular formula is C17H12N2O4S. The van der Waals surface area contributed by atoms with Gasteiger partial charge < -0.3 is 9.15 Å². The molecule has 6 nitrogen and oxygen atoms in total. The number of carbonyl (C=O) groups excluding carboxylic acids is 1. The molecule has 0 fully saturated rings. The highest BCUT2D eigenvalue weighted by atomic mass is 32.1. The minimum Gasteiger partial charge on any atom is -0.465 e. The van der Waals surface area contributed by atoms with Gasteiger partial charge in [-0.3, -0.25) is 9.36 Å². The Morgan fingerprint density at radius 3 is 3.00 bits per heavy atom. The summed E-state index contributed by atoms with van der Waals surface area (Å²) in [4.78, 5) is 29.3. The molecule has 0 radical (unpaired) electrons. The van der Waals surface area contributed by atoms with E-state index in [1.807, 2.05) is 18.2 Å². The molecule has 0 spiro atoms. The Morgan fingerprint density at radius 1 is 1.33 bits per heavy atom. The van der Waals surface area contributed by atoms with E-state index in [-0.39, 0.29) is 17.7 Å². The second-order valence-corrected chi connectivity index (χ2v) is 6.14. The van der Waals surface area contributed by atoms with Gasteiger partial charge in [-0.25, -0.2) is 9.78 Å². The van der Waals surface area contributed by atoms with E-state index in [9.17, 15) is 9.59 Å². The van der Waals surface area contributed by atoms with Crippen LogP contribution in [0.15, 0.2) is 51.3 Å². The molecule has 4 aromatic rings. The number of benzene rings is 1. The Balaban J connectivity index is 1.82. The third-order valence-electron chi connectivity index (χ3n) is 3.81. The molecule has 1 aromatic carbocycles. The number of esters is 1. The second-order valence-electron chi connectivity index (χ2n) is 5.22. The minimum absolute atomic E-state index is 0.216. The van der Waals surface area contributed by atoms with Gasteiger partial charge in [-0.2, -0.15) is 0 Å². The predicted molar refractivity (Wildman–Crippen MR) is 90.5 cm³/mol. The summed E-state index contributed by atoms with van der Waals surface area (Å²) in [7, 11) is 1.33. The van der Waals surface area contributed by atoms with Crippen molar-refractivity contribution in [1.82, 2.24) is 9.55 Å². The number of hydrogen-bond acceptors (Lipinski definition) is 6. The fourth-order valence-electron chi connectivity index (χ4n) is 2.64. The average molecular weight is 340 g/mol. The number of thiophene rings is 1. The van der Waals surface area contributed by atoms with Gasteiger partial charge in [-0.15, -0.1) is 11.3 Å². The lowest BCUT2D eigenvalue weighted by atomic mass is 10.2. The first-order chi connectivity index (χ1) is 11.7. The highest BCUT2D eigenvalue weighted by Gasteiger charge is 2.17. The minimum atomic E-state index is -0.411. The zero-order valence-electron chi connectivity index (χ0n) is 12.7. The first kappa shape index (κ1) is 14.6. The zero-order valence-corrected chi connectivity index (χ0v) is 13.5. The maximum atomic E-state index is 12.7. The lowest BCUT2D eigenvalue weighted by Crippen LogP contribution is -2.21. The van der Waals surface area contributed by atoms with Crippen LogP contribution in [-0.2, 0) is 11.3 Å². The maximum absolute atomic E-state index is 12.7. The summed E-state index contributed by atoms with van der Waals surface area (Å²) in [5, 5.41) is 2.60. The van der Waals surface area contributed by atoms with Gasteiger partial charge in [0, 0.05) is 5.39 Å². The smallest absolute Gasteiger partial charge is 0.348 e. The number of nitrogens with zero attached hydrogens (tertiary/aromatic N) is 2. The van der Waals surface area contributed by atoms with Crippen molar-refractivity contribution in [3.63, 3.8) is 0 Å². The van der Waals surface area contributed by atoms with Gasteiger partial charge in [0.05, 0.1) is 20.0 Å². The molecule has 120 valence electrons. The van der Waals surface area contributed by atoms with Crippen LogP contribution in [0.2, 0.25) is 0 Å². The first-order valence-electron chi connectivity index (χ1n) is 7.20. The van der Waals surface area contributed by atoms with Crippen molar-refractivity contribution < 1.29 is 13.9 Å². The van der Waals surface area contributed by atoms with Crippen LogP contribution in [0.1, 0.15) is 15.2 Å². The van der Waals surface area contributed by atoms with Crippen LogP contribution in [0.3, 0.4) is 0 Å². The van der Waals surface area contributed by atoms with E-state index in [0.29, 0.717) is 21.5 Å². The number of para-hydroxylation sites is 1. The number of furan rings is 1. The second kappa shape index (κ2) is 5.61. The number of ether oxygens (including phenoxy) is 1. The molecule has 0 atom stereocenters. The summed E-state index contributed by atoms with van der Waals surface area (Å²) in [5.41, 5.74) is 1.82. The van der Waals surface area contributed by atoms with Gasteiger partial charge in [0.15, 0.2) is 0 Å². The summed E-state index contributed by atoms with van der Waals surface area (Å²) >= 11 is 1.28. The molecule has 0 saturated carbocycles. The van der Waals surface area contributed by atoms with Crippen molar-refractivity contribution in [3.05, 3.63) is 62.8 Å². The molecule has 0 aliphatic carbocycles. The van der Waals surface area contributed by atoms with Crippen LogP contribution in [-0.4, -0.2) is 22.6 Å². The number of hydrogen-bond donors (Lipinski definition) is 0. The molecule has 0 unspecified atom stereocenters. The number of fused-ring (bicyclic) bond motifs is 3. The Morgan fingerprint density at radius 2 is 2.17 bits per heavy atom. The SMILES string of the molecule is COC(=O)c1sccc1Cn1cnc2c(oc3ccccc32)c1=O. The molecule has 24 heavy (non-hydrogen) atoms. The Hall–Kier alpha value is -2.93. The topological polar surface area (TPSA) is 74.3 Å². The van der Waals surface area contributed by atoms with E-state index in [4.69, 9.17) is 9.15 Å². The molecule has 0 aliphatic rings. The van der Waals surface area contributed by atoms with Crippen molar-refractivity contribution in [2.75, 3.05) is 7.11 Å². The first-order valence-corrected chi connectivity index (χ1v) is 8.08. The van der Waals surface area contributed by atoms with Crippen molar-refractivity contribution >= 4 is 39.4 Å². The lowest BCUT2D eigenvalue weighted by molar-refractivity contribution is 0.0605. The fourth-order valence-corrected chi connectivity index (χ4v) is 3.48. The van der Waals surface area contributed by atoms with E-state index in [1.54, 1.807) is 17.5 Å². The van der Waals surface area contributed by atoms with E-state index < -0.39 is 5.97 Å². The molecule has 3 aromatic heterocycles. The van der Waals surface area contributed by atoms with Crippen LogP contribution in [0, 0.1) is 0 Å². The number of rotatable bonds is 3. The quantitative estimate of drug-likeness (QED) is 0.536. The van der Waals surface area contributed by atoms with Gasteiger partial charge in [0.2, 0.25) is 5.58 Å². The summed E-state index contributed by atoms with van der Waals surface area (Å²) in [6.45, 7) is 0.229. The molecule has 0 saturated heterocycles. The van der Waals surface area contributed by atoms with Crippen molar-refractivity contribution in [1.29, 1.82) is 0 Å². The predicted octanol–water partition coefficient (Wildman–Crippen LogP) is 3.04. The van der Waals surface area contributed by atoms with Crippen molar-refractivity contribution in [2.45, 2.75) is 6.54 Å². The molecule has 4 rings (SSSR count). The fraction of sp³-hybridized carbons (Fsp3) is 0.118. The third-order valence-corrected chi connectivity index (χ3v) is 4.75. The molecule has 0 amide bonds. The van der Waals surface area contributed by atoms with Gasteiger partial charge in [-0.1, -0.05) is 12.1 Å². The number of aromatic nitrogens is 2. The standard InChI is InChI=1S/C17H12N2O4S/c1-22-17(21)15-10(6-7-24-15)8-19-9-18-13-11-4-2-3-5-12(11)23-14(13)16(19)20/h2-7,9H,8H2,1H3. The van der Waals surface area contributed by atoms with Gasteiger partial charge in [0.25, 0.3) is 5.56 Å². The van der Waals surface area contributed by atoms with Gasteiger partial charge >= 0.3 is 5.97 Å². The van der Waals surface area contributed by atoms with Crippen molar-refractivity contribution in [2.24, 2.45) is 0 Å². The number of carbonyl (C=O) groups is 1. The van der Waals surface area contributed by atoms with E-state index in [2.05, 4.69) is 4.98 Å². The summed E-state index contributed by atoms with van der Waals surface area (Å²) in [5.74, 6) is -0.411. The van der Waals surface area contributed by atoms with Gasteiger partial charge in [-0.05, 0) is 29.1 Å². The molecular weight excluding hydrogens is 328 g/mol. The third kappa shape index (κ3) is 2.21. The lowest BCUT2D eigenvalue weighted by Gasteiger charge is -2.05. The van der Waals surface area contributed by atoms with Crippen LogP contribution in [0.4, 0.5) is 0 Å². The van der Waals surface area contributed by atoms with Crippen LogP contribution < -0.4 is 5.56 Å². The zero-order chi connectivity index (χ0) is 16.7. The molecule has 3 heterocycles. The molecule has 0 aliphatic heterocycles. The average Bonchev–Trinajstić information content (AvgIpc) is 3.21. The summed E-state index contributed by atoms with van der Waals surface area (Å²) < 4.78 is 11.9. The van der Waals surface area contributed by atoms with E-state index in [1.165, 1.54) is 29.3 Å². The Bertz CT molecular complexity index is 1120. The molecule has 0 bridgehead atoms. The van der Waals surface area contributed by atoms with Crippen molar-refractivity contribution in [3.8, 4) is 0 Å². The van der Waals surface area contributed by atoms with Crippen LogP contribution in [0.25, 0.3) is 22.1 Å². The van der Waals surface area contributed by atoms with Gasteiger partial charge in [0.1, 0.15) is 16.0 Å².